The molecule has 2 aliphatic rings. The minimum absolute atomic E-state index is 0.0832. The average Bonchev–Trinajstić information content (AvgIpc) is 2.63. The first kappa shape index (κ1) is 17.1. The van der Waals surface area contributed by atoms with Crippen molar-refractivity contribution in [3.8, 4) is 0 Å². The summed E-state index contributed by atoms with van der Waals surface area (Å²) in [6, 6.07) is 1.68. The van der Waals surface area contributed by atoms with Crippen LogP contribution in [0, 0.1) is 6.92 Å². The maximum atomic E-state index is 12.3. The Labute approximate surface area is 142 Å². The highest BCUT2D eigenvalue weighted by molar-refractivity contribution is 5.89. The number of aromatic nitrogens is 2. The number of nitrogens with one attached hydrogen (secondary N) is 1. The summed E-state index contributed by atoms with van der Waals surface area (Å²) in [6.07, 6.45) is 7.29. The second-order valence-corrected chi connectivity index (χ2v) is 6.47. The third-order valence-electron chi connectivity index (χ3n) is 4.67. The molecule has 0 radical (unpaired) electrons. The summed E-state index contributed by atoms with van der Waals surface area (Å²) in [5.41, 5.74) is 1.43. The van der Waals surface area contributed by atoms with E-state index in [2.05, 4.69) is 15.5 Å². The van der Waals surface area contributed by atoms with Crippen LogP contribution in [0.25, 0.3) is 0 Å². The van der Waals surface area contributed by atoms with E-state index in [0.29, 0.717) is 25.4 Å². The highest BCUT2D eigenvalue weighted by atomic mass is 16.5. The van der Waals surface area contributed by atoms with Crippen molar-refractivity contribution in [3.63, 3.8) is 0 Å². The molecule has 2 amide bonds. The fourth-order valence-electron chi connectivity index (χ4n) is 3.14. The number of rotatable bonds is 4. The highest BCUT2D eigenvalue weighted by Gasteiger charge is 2.25. The Kier molecular flexibility index (Phi) is 5.98. The summed E-state index contributed by atoms with van der Waals surface area (Å²) in [7, 11) is 0. The number of piperidine rings is 1. The summed E-state index contributed by atoms with van der Waals surface area (Å²) in [5.74, 6) is 0. The zero-order valence-corrected chi connectivity index (χ0v) is 14.2. The zero-order valence-electron chi connectivity index (χ0n) is 14.2. The molecule has 2 fully saturated rings. The molecule has 7 nitrogen and oxygen atoms in total. The normalized spacial score (nSPS) is 22.4. The molecule has 0 bridgehead atoms. The molecule has 0 spiro atoms. The van der Waals surface area contributed by atoms with E-state index in [4.69, 9.17) is 9.47 Å². The molecule has 0 saturated carbocycles. The average molecular weight is 334 g/mol. The largest absolute Gasteiger partial charge is 0.376 e. The molecule has 132 valence electrons. The van der Waals surface area contributed by atoms with E-state index in [-0.39, 0.29) is 18.2 Å². The molecule has 1 atom stereocenters. The Balaban J connectivity index is 1.39. The second kappa shape index (κ2) is 8.39. The smallest absolute Gasteiger partial charge is 0.321 e. The topological polar surface area (TPSA) is 76.6 Å². The number of ether oxygens (including phenoxy) is 2. The SMILES string of the molecule is Cc1nnccc1NC(=O)N1CCC(OCC2CCCCO2)CC1. The fourth-order valence-corrected chi connectivity index (χ4v) is 3.14. The summed E-state index contributed by atoms with van der Waals surface area (Å²) < 4.78 is 11.7. The standard InChI is InChI=1S/C17H26N4O3/c1-13-16(5-8-18-20-13)19-17(22)21-9-6-14(7-10-21)24-12-15-4-2-3-11-23-15/h5,8,14-15H,2-4,6-7,9-12H2,1H3,(H,18,19,22). The molecule has 3 rings (SSSR count). The maximum Gasteiger partial charge on any atom is 0.321 e. The number of hydrogen-bond donors (Lipinski definition) is 1. The van der Waals surface area contributed by atoms with Crippen LogP contribution in [0.1, 0.15) is 37.8 Å². The minimum Gasteiger partial charge on any atom is -0.376 e. The number of urea groups is 1. The lowest BCUT2D eigenvalue weighted by atomic mass is 10.1. The van der Waals surface area contributed by atoms with Gasteiger partial charge in [0.1, 0.15) is 0 Å². The third-order valence-corrected chi connectivity index (χ3v) is 4.67. The van der Waals surface area contributed by atoms with E-state index < -0.39 is 0 Å². The molecule has 24 heavy (non-hydrogen) atoms. The number of carbonyl (C=O) groups is 1. The fraction of sp³-hybridized carbons (Fsp3) is 0.706. The molecule has 0 aromatic carbocycles. The summed E-state index contributed by atoms with van der Waals surface area (Å²) in [4.78, 5) is 14.2. The van der Waals surface area contributed by atoms with Crippen molar-refractivity contribution in [2.75, 3.05) is 31.6 Å². The van der Waals surface area contributed by atoms with Crippen LogP contribution in [-0.4, -0.2) is 59.6 Å². The van der Waals surface area contributed by atoms with Gasteiger partial charge in [0.15, 0.2) is 0 Å². The van der Waals surface area contributed by atoms with Gasteiger partial charge in [-0.15, -0.1) is 0 Å². The van der Waals surface area contributed by atoms with Gasteiger partial charge in [0.05, 0.1) is 36.4 Å². The first-order chi connectivity index (χ1) is 11.7. The first-order valence-electron chi connectivity index (χ1n) is 8.80. The van der Waals surface area contributed by atoms with E-state index >= 15 is 0 Å². The van der Waals surface area contributed by atoms with Gasteiger partial charge in [-0.2, -0.15) is 10.2 Å². The predicted octanol–water partition coefficient (Wildman–Crippen LogP) is 2.37. The molecule has 2 saturated heterocycles. The minimum atomic E-state index is -0.0832. The Morgan fingerprint density at radius 2 is 2.21 bits per heavy atom. The van der Waals surface area contributed by atoms with E-state index in [1.54, 1.807) is 12.3 Å². The van der Waals surface area contributed by atoms with Gasteiger partial charge in [0, 0.05) is 19.7 Å². The second-order valence-electron chi connectivity index (χ2n) is 6.47. The predicted molar refractivity (Wildman–Crippen MR) is 89.9 cm³/mol. The van der Waals surface area contributed by atoms with E-state index in [1.807, 2.05) is 11.8 Å². The van der Waals surface area contributed by atoms with Crippen LogP contribution < -0.4 is 5.32 Å². The summed E-state index contributed by atoms with van der Waals surface area (Å²) in [6.45, 7) is 4.78. The molecular formula is C17H26N4O3. The van der Waals surface area contributed by atoms with Gasteiger partial charge in [0.2, 0.25) is 0 Å². The number of anilines is 1. The van der Waals surface area contributed by atoms with Gasteiger partial charge < -0.3 is 19.7 Å². The van der Waals surface area contributed by atoms with Crippen molar-refractivity contribution in [1.82, 2.24) is 15.1 Å². The molecule has 1 aromatic rings. The van der Waals surface area contributed by atoms with Crippen molar-refractivity contribution in [2.24, 2.45) is 0 Å². The maximum absolute atomic E-state index is 12.3. The van der Waals surface area contributed by atoms with Gasteiger partial charge in [0.25, 0.3) is 0 Å². The molecule has 1 aromatic heterocycles. The van der Waals surface area contributed by atoms with Gasteiger partial charge in [-0.3, -0.25) is 0 Å². The lowest BCUT2D eigenvalue weighted by Gasteiger charge is -2.33. The lowest BCUT2D eigenvalue weighted by Crippen LogP contribution is -2.43. The number of hydrogen-bond acceptors (Lipinski definition) is 5. The van der Waals surface area contributed by atoms with Crippen molar-refractivity contribution in [1.29, 1.82) is 0 Å². The van der Waals surface area contributed by atoms with Crippen molar-refractivity contribution in [3.05, 3.63) is 18.0 Å². The van der Waals surface area contributed by atoms with Crippen LogP contribution in [0.4, 0.5) is 10.5 Å². The summed E-state index contributed by atoms with van der Waals surface area (Å²) >= 11 is 0. The molecule has 3 heterocycles. The number of carbonyl (C=O) groups excluding carboxylic acids is 1. The Morgan fingerprint density at radius 1 is 1.38 bits per heavy atom. The van der Waals surface area contributed by atoms with Crippen LogP contribution >= 0.6 is 0 Å². The first-order valence-corrected chi connectivity index (χ1v) is 8.80. The van der Waals surface area contributed by atoms with Crippen LogP contribution in [0.3, 0.4) is 0 Å². The zero-order chi connectivity index (χ0) is 16.8. The lowest BCUT2D eigenvalue weighted by molar-refractivity contribution is -0.0726. The number of likely N-dealkylation sites (tertiary alicyclic amines) is 1. The molecule has 1 N–H and O–H groups in total. The number of nitrogens with zero attached hydrogens (tertiary/aromatic N) is 3. The Hall–Kier alpha value is -1.73. The summed E-state index contributed by atoms with van der Waals surface area (Å²) in [5, 5.41) is 10.6. The van der Waals surface area contributed by atoms with Crippen molar-refractivity contribution < 1.29 is 14.3 Å². The quantitative estimate of drug-likeness (QED) is 0.915. The van der Waals surface area contributed by atoms with Crippen molar-refractivity contribution >= 4 is 11.7 Å². The van der Waals surface area contributed by atoms with E-state index in [9.17, 15) is 4.79 Å². The van der Waals surface area contributed by atoms with Gasteiger partial charge in [-0.25, -0.2) is 4.79 Å². The Bertz CT molecular complexity index is 540. The monoisotopic (exact) mass is 334 g/mol. The van der Waals surface area contributed by atoms with Crippen LogP contribution in [0.5, 0.6) is 0 Å². The van der Waals surface area contributed by atoms with Crippen LogP contribution in [0.2, 0.25) is 0 Å². The molecule has 7 heteroatoms. The van der Waals surface area contributed by atoms with Crippen molar-refractivity contribution in [2.45, 2.75) is 51.2 Å². The molecule has 1 unspecified atom stereocenters. The molecule has 2 aliphatic heterocycles. The number of aryl methyl sites for hydroxylation is 1. The Morgan fingerprint density at radius 3 is 2.92 bits per heavy atom. The highest BCUT2D eigenvalue weighted by Crippen LogP contribution is 2.19. The van der Waals surface area contributed by atoms with Gasteiger partial charge >= 0.3 is 6.03 Å². The molecule has 0 aliphatic carbocycles. The van der Waals surface area contributed by atoms with E-state index in [0.717, 1.165) is 38.0 Å². The van der Waals surface area contributed by atoms with Gasteiger partial charge in [-0.05, 0) is 45.1 Å². The third kappa shape index (κ3) is 4.64. The van der Waals surface area contributed by atoms with Crippen LogP contribution in [-0.2, 0) is 9.47 Å². The van der Waals surface area contributed by atoms with Gasteiger partial charge in [-0.1, -0.05) is 0 Å². The van der Waals surface area contributed by atoms with E-state index in [1.165, 1.54) is 6.42 Å². The molecular weight excluding hydrogens is 308 g/mol. The van der Waals surface area contributed by atoms with Crippen LogP contribution in [0.15, 0.2) is 12.3 Å². The number of amides is 2.